The molecule has 0 aliphatic carbocycles. The molecule has 1 aliphatic rings. The number of piperidine rings is 1. The molecule has 1 fully saturated rings. The molecule has 22 heavy (non-hydrogen) atoms. The van der Waals surface area contributed by atoms with Gasteiger partial charge in [0.2, 0.25) is 11.8 Å². The molecule has 1 heterocycles. The van der Waals surface area contributed by atoms with Gasteiger partial charge in [0, 0.05) is 26.6 Å². The van der Waals surface area contributed by atoms with Crippen LogP contribution in [0.4, 0.5) is 4.39 Å². The van der Waals surface area contributed by atoms with Gasteiger partial charge in [0.15, 0.2) is 0 Å². The largest absolute Gasteiger partial charge is 0.355 e. The molecule has 0 radical (unpaired) electrons. The van der Waals surface area contributed by atoms with E-state index >= 15 is 0 Å². The monoisotopic (exact) mass is 370 g/mol. The Morgan fingerprint density at radius 3 is 2.91 bits per heavy atom. The molecule has 4 nitrogen and oxygen atoms in total. The van der Waals surface area contributed by atoms with Crippen LogP contribution in [0.2, 0.25) is 0 Å². The van der Waals surface area contributed by atoms with Gasteiger partial charge in [0.05, 0.1) is 10.4 Å². The maximum absolute atomic E-state index is 13.1. The van der Waals surface area contributed by atoms with Crippen LogP contribution in [0.1, 0.15) is 25.3 Å². The summed E-state index contributed by atoms with van der Waals surface area (Å²) in [4.78, 5) is 25.3. The van der Waals surface area contributed by atoms with Crippen LogP contribution in [0.15, 0.2) is 22.7 Å². The Morgan fingerprint density at radius 2 is 2.23 bits per heavy atom. The molecule has 1 aromatic rings. The molecular formula is C16H20BrFN2O2. The van der Waals surface area contributed by atoms with E-state index in [1.807, 2.05) is 0 Å². The van der Waals surface area contributed by atoms with Gasteiger partial charge >= 0.3 is 0 Å². The van der Waals surface area contributed by atoms with Gasteiger partial charge < -0.3 is 10.2 Å². The van der Waals surface area contributed by atoms with Gasteiger partial charge in [-0.3, -0.25) is 9.59 Å². The number of carbonyl (C=O) groups excluding carboxylic acids is 2. The minimum absolute atomic E-state index is 0.00729. The fourth-order valence-electron chi connectivity index (χ4n) is 2.65. The zero-order chi connectivity index (χ0) is 16.1. The van der Waals surface area contributed by atoms with Crippen LogP contribution in [0.3, 0.4) is 0 Å². The number of rotatable bonds is 4. The van der Waals surface area contributed by atoms with E-state index in [1.54, 1.807) is 17.0 Å². The summed E-state index contributed by atoms with van der Waals surface area (Å²) in [6, 6.07) is 4.84. The van der Waals surface area contributed by atoms with Crippen LogP contribution in [0.5, 0.6) is 0 Å². The third-order valence-electron chi connectivity index (χ3n) is 3.93. The van der Waals surface area contributed by atoms with Gasteiger partial charge in [-0.2, -0.15) is 0 Å². The predicted molar refractivity (Wildman–Crippen MR) is 85.8 cm³/mol. The average molecular weight is 371 g/mol. The molecule has 1 aromatic carbocycles. The quantitative estimate of drug-likeness (QED) is 0.884. The standard InChI is InChI=1S/C16H20BrFN2O2/c1-11(21)20-8-2-3-13(10-20)16(22)19-7-6-12-4-5-15(18)14(17)9-12/h4-5,9,13H,2-3,6-8,10H2,1H3,(H,19,22). The lowest BCUT2D eigenvalue weighted by molar-refractivity contribution is -0.133. The first-order valence-corrected chi connectivity index (χ1v) is 8.24. The van der Waals surface area contributed by atoms with Crippen LogP contribution in [0, 0.1) is 11.7 Å². The topological polar surface area (TPSA) is 49.4 Å². The Morgan fingerprint density at radius 1 is 1.45 bits per heavy atom. The second-order valence-electron chi connectivity index (χ2n) is 5.59. The number of nitrogens with one attached hydrogen (secondary N) is 1. The first-order valence-electron chi connectivity index (χ1n) is 7.44. The molecule has 2 rings (SSSR count). The fourth-order valence-corrected chi connectivity index (χ4v) is 3.07. The minimum atomic E-state index is -0.292. The molecule has 120 valence electrons. The Hall–Kier alpha value is -1.43. The van der Waals surface area contributed by atoms with Crippen molar-refractivity contribution in [1.82, 2.24) is 10.2 Å². The van der Waals surface area contributed by atoms with E-state index in [1.165, 1.54) is 13.0 Å². The van der Waals surface area contributed by atoms with Gasteiger partial charge in [-0.1, -0.05) is 6.07 Å². The van der Waals surface area contributed by atoms with E-state index < -0.39 is 0 Å². The number of amides is 2. The van der Waals surface area contributed by atoms with Crippen molar-refractivity contribution < 1.29 is 14.0 Å². The van der Waals surface area contributed by atoms with Crippen LogP contribution in [0.25, 0.3) is 0 Å². The summed E-state index contributed by atoms with van der Waals surface area (Å²) in [7, 11) is 0. The van der Waals surface area contributed by atoms with Crippen LogP contribution in [-0.4, -0.2) is 36.3 Å². The van der Waals surface area contributed by atoms with Crippen LogP contribution < -0.4 is 5.32 Å². The molecule has 1 atom stereocenters. The molecule has 1 saturated heterocycles. The van der Waals surface area contributed by atoms with E-state index in [-0.39, 0.29) is 23.5 Å². The summed E-state index contributed by atoms with van der Waals surface area (Å²) in [5.74, 6) is -0.405. The third kappa shape index (κ3) is 4.53. The number of hydrogen-bond acceptors (Lipinski definition) is 2. The van der Waals surface area contributed by atoms with Crippen molar-refractivity contribution in [2.24, 2.45) is 5.92 Å². The third-order valence-corrected chi connectivity index (χ3v) is 4.54. The van der Waals surface area contributed by atoms with E-state index in [0.717, 1.165) is 24.9 Å². The number of carbonyl (C=O) groups is 2. The lowest BCUT2D eigenvalue weighted by atomic mass is 9.97. The van der Waals surface area contributed by atoms with Crippen molar-refractivity contribution in [3.05, 3.63) is 34.1 Å². The molecule has 2 amide bonds. The Bertz CT molecular complexity index is 565. The van der Waals surface area contributed by atoms with Gasteiger partial charge in [0.1, 0.15) is 5.82 Å². The van der Waals surface area contributed by atoms with Crippen LogP contribution in [-0.2, 0) is 16.0 Å². The van der Waals surface area contributed by atoms with E-state index in [2.05, 4.69) is 21.2 Å². The number of halogens is 2. The maximum atomic E-state index is 13.1. The van der Waals surface area contributed by atoms with Crippen molar-refractivity contribution in [3.63, 3.8) is 0 Å². The van der Waals surface area contributed by atoms with E-state index in [9.17, 15) is 14.0 Å². The predicted octanol–water partition coefficient (Wildman–Crippen LogP) is 2.51. The molecule has 0 aromatic heterocycles. The van der Waals surface area contributed by atoms with E-state index in [4.69, 9.17) is 0 Å². The van der Waals surface area contributed by atoms with Crippen molar-refractivity contribution >= 4 is 27.7 Å². The summed E-state index contributed by atoms with van der Waals surface area (Å²) in [5, 5.41) is 2.91. The highest BCUT2D eigenvalue weighted by Gasteiger charge is 2.26. The lowest BCUT2D eigenvalue weighted by Gasteiger charge is -2.31. The Kier molecular flexibility index (Phi) is 5.94. The lowest BCUT2D eigenvalue weighted by Crippen LogP contribution is -2.45. The average Bonchev–Trinajstić information content (AvgIpc) is 2.51. The molecule has 0 saturated carbocycles. The fraction of sp³-hybridized carbons (Fsp3) is 0.500. The summed E-state index contributed by atoms with van der Waals surface area (Å²) >= 11 is 3.15. The zero-order valence-corrected chi connectivity index (χ0v) is 14.2. The van der Waals surface area contributed by atoms with Gasteiger partial charge in [0.25, 0.3) is 0 Å². The number of benzene rings is 1. The first kappa shape index (κ1) is 16.9. The number of hydrogen-bond donors (Lipinski definition) is 1. The molecule has 1 aliphatic heterocycles. The summed E-state index contributed by atoms with van der Waals surface area (Å²) in [5.41, 5.74) is 0.961. The molecular weight excluding hydrogens is 351 g/mol. The highest BCUT2D eigenvalue weighted by atomic mass is 79.9. The Balaban J connectivity index is 1.79. The summed E-state index contributed by atoms with van der Waals surface area (Å²) < 4.78 is 13.6. The SMILES string of the molecule is CC(=O)N1CCCC(C(=O)NCCc2ccc(F)c(Br)c2)C1. The highest BCUT2D eigenvalue weighted by molar-refractivity contribution is 9.10. The van der Waals surface area contributed by atoms with Gasteiger partial charge in [-0.25, -0.2) is 4.39 Å². The smallest absolute Gasteiger partial charge is 0.224 e. The second-order valence-corrected chi connectivity index (χ2v) is 6.45. The second kappa shape index (κ2) is 7.72. The van der Waals surface area contributed by atoms with Gasteiger partial charge in [-0.05, 0) is 52.9 Å². The zero-order valence-electron chi connectivity index (χ0n) is 12.6. The van der Waals surface area contributed by atoms with Crippen molar-refractivity contribution in [1.29, 1.82) is 0 Å². The molecule has 1 N–H and O–H groups in total. The molecule has 6 heteroatoms. The Labute approximate surface area is 138 Å². The number of nitrogens with zero attached hydrogens (tertiary/aromatic N) is 1. The van der Waals surface area contributed by atoms with Gasteiger partial charge in [-0.15, -0.1) is 0 Å². The summed E-state index contributed by atoms with van der Waals surface area (Å²) in [6.07, 6.45) is 2.33. The molecule has 0 spiro atoms. The molecule has 0 bridgehead atoms. The maximum Gasteiger partial charge on any atom is 0.224 e. The number of likely N-dealkylation sites (tertiary alicyclic amines) is 1. The van der Waals surface area contributed by atoms with Crippen molar-refractivity contribution in [2.75, 3.05) is 19.6 Å². The highest BCUT2D eigenvalue weighted by Crippen LogP contribution is 2.18. The normalized spacial score (nSPS) is 18.1. The minimum Gasteiger partial charge on any atom is -0.355 e. The molecule has 1 unspecified atom stereocenters. The van der Waals surface area contributed by atoms with Crippen molar-refractivity contribution in [2.45, 2.75) is 26.2 Å². The first-order chi connectivity index (χ1) is 10.5. The van der Waals surface area contributed by atoms with Crippen LogP contribution >= 0.6 is 15.9 Å². The van der Waals surface area contributed by atoms with Crippen molar-refractivity contribution in [3.8, 4) is 0 Å². The van der Waals surface area contributed by atoms with E-state index in [0.29, 0.717) is 24.0 Å². The summed E-state index contributed by atoms with van der Waals surface area (Å²) in [6.45, 7) is 3.28.